The van der Waals surface area contributed by atoms with Crippen LogP contribution in [0.1, 0.15) is 12.5 Å². The predicted molar refractivity (Wildman–Crippen MR) is 50.6 cm³/mol. The first-order valence-electron chi connectivity index (χ1n) is 3.53. The summed E-state index contributed by atoms with van der Waals surface area (Å²) in [5.41, 5.74) is 0.877. The lowest BCUT2D eigenvalue weighted by Crippen LogP contribution is -1.83. The van der Waals surface area contributed by atoms with Crippen LogP contribution in [0.4, 0.5) is 0 Å². The molecule has 0 unspecified atom stereocenters. The molecule has 0 atom stereocenters. The molecule has 0 aromatic heterocycles. The Balaban J connectivity index is 3.12. The van der Waals surface area contributed by atoms with E-state index < -0.39 is 0 Å². The second-order valence-corrected chi connectivity index (χ2v) is 2.69. The zero-order valence-electron chi connectivity index (χ0n) is 7.02. The van der Waals surface area contributed by atoms with Crippen molar-refractivity contribution >= 4 is 11.6 Å². The third-order valence-corrected chi connectivity index (χ3v) is 1.59. The third-order valence-electron chi connectivity index (χ3n) is 1.38. The average molecular weight is 181 g/mol. The fourth-order valence-corrected chi connectivity index (χ4v) is 1.12. The fraction of sp³-hybridized carbons (Fsp3) is 0.200. The van der Waals surface area contributed by atoms with Gasteiger partial charge in [0.25, 0.3) is 0 Å². The highest BCUT2D eigenvalue weighted by atomic mass is 35.5. The van der Waals surface area contributed by atoms with Crippen LogP contribution in [0.3, 0.4) is 0 Å². The third kappa shape index (κ3) is 2.18. The minimum absolute atomic E-state index is 0.645. The SMILES string of the molecule is CC#Cc1cc(Cl)cc(OC)c1. The lowest BCUT2D eigenvalue weighted by atomic mass is 10.2. The summed E-state index contributed by atoms with van der Waals surface area (Å²) in [6.45, 7) is 1.79. The Morgan fingerprint density at radius 2 is 2.08 bits per heavy atom. The van der Waals surface area contributed by atoms with Crippen LogP contribution in [0.15, 0.2) is 18.2 Å². The molecule has 0 aliphatic rings. The van der Waals surface area contributed by atoms with Crippen molar-refractivity contribution < 1.29 is 4.74 Å². The molecule has 0 saturated carbocycles. The van der Waals surface area contributed by atoms with Crippen LogP contribution in [0.5, 0.6) is 5.75 Å². The lowest BCUT2D eigenvalue weighted by molar-refractivity contribution is 0.414. The van der Waals surface area contributed by atoms with Gasteiger partial charge in [0.05, 0.1) is 7.11 Å². The minimum atomic E-state index is 0.645. The number of hydrogen-bond donors (Lipinski definition) is 0. The summed E-state index contributed by atoms with van der Waals surface area (Å²) < 4.78 is 5.03. The van der Waals surface area contributed by atoms with Crippen LogP contribution in [-0.4, -0.2) is 7.11 Å². The van der Waals surface area contributed by atoms with Crippen molar-refractivity contribution in [3.05, 3.63) is 28.8 Å². The van der Waals surface area contributed by atoms with E-state index in [0.29, 0.717) is 5.02 Å². The standard InChI is InChI=1S/C10H9ClO/c1-3-4-8-5-9(11)7-10(6-8)12-2/h5-7H,1-2H3. The molecule has 0 fully saturated rings. The van der Waals surface area contributed by atoms with E-state index in [4.69, 9.17) is 16.3 Å². The van der Waals surface area contributed by atoms with Crippen molar-refractivity contribution in [2.75, 3.05) is 7.11 Å². The molecule has 0 bridgehead atoms. The number of hydrogen-bond acceptors (Lipinski definition) is 1. The summed E-state index contributed by atoms with van der Waals surface area (Å²) in [5, 5.41) is 0.645. The Bertz CT molecular complexity index is 333. The van der Waals surface area contributed by atoms with Gasteiger partial charge in [-0.1, -0.05) is 17.5 Å². The van der Waals surface area contributed by atoms with E-state index in [1.165, 1.54) is 0 Å². The van der Waals surface area contributed by atoms with Gasteiger partial charge in [-0.25, -0.2) is 0 Å². The Morgan fingerprint density at radius 3 is 2.67 bits per heavy atom. The molecule has 0 aliphatic heterocycles. The maximum atomic E-state index is 5.82. The number of benzene rings is 1. The smallest absolute Gasteiger partial charge is 0.121 e. The Labute approximate surface area is 77.3 Å². The Hall–Kier alpha value is -1.13. The van der Waals surface area contributed by atoms with Gasteiger partial charge in [0.15, 0.2) is 0 Å². The first-order valence-corrected chi connectivity index (χ1v) is 3.91. The summed E-state index contributed by atoms with van der Waals surface area (Å²) in [4.78, 5) is 0. The second-order valence-electron chi connectivity index (χ2n) is 2.25. The van der Waals surface area contributed by atoms with Crippen molar-refractivity contribution in [1.29, 1.82) is 0 Å². The molecule has 0 N–H and O–H groups in total. The Morgan fingerprint density at radius 1 is 1.33 bits per heavy atom. The molecule has 0 amide bonds. The molecule has 0 saturated heterocycles. The highest BCUT2D eigenvalue weighted by Crippen LogP contribution is 2.19. The Kier molecular flexibility index (Phi) is 3.01. The normalized spacial score (nSPS) is 8.58. The summed E-state index contributed by atoms with van der Waals surface area (Å²) in [6.07, 6.45) is 0. The first-order chi connectivity index (χ1) is 5.76. The van der Waals surface area contributed by atoms with Gasteiger partial charge in [0.2, 0.25) is 0 Å². The van der Waals surface area contributed by atoms with Crippen LogP contribution in [0.25, 0.3) is 0 Å². The largest absolute Gasteiger partial charge is 0.497 e. The van der Waals surface area contributed by atoms with Crippen molar-refractivity contribution in [2.45, 2.75) is 6.92 Å². The van der Waals surface area contributed by atoms with Crippen molar-refractivity contribution in [3.63, 3.8) is 0 Å². The summed E-state index contributed by atoms with van der Waals surface area (Å²) >= 11 is 5.82. The zero-order chi connectivity index (χ0) is 8.97. The molecule has 0 spiro atoms. The molecule has 0 radical (unpaired) electrons. The highest BCUT2D eigenvalue weighted by molar-refractivity contribution is 6.30. The molecule has 0 heterocycles. The maximum Gasteiger partial charge on any atom is 0.121 e. The lowest BCUT2D eigenvalue weighted by Gasteiger charge is -2.00. The zero-order valence-corrected chi connectivity index (χ0v) is 7.77. The number of methoxy groups -OCH3 is 1. The molecule has 2 heteroatoms. The van der Waals surface area contributed by atoms with E-state index in [1.54, 1.807) is 26.2 Å². The van der Waals surface area contributed by atoms with Crippen LogP contribution in [-0.2, 0) is 0 Å². The second kappa shape index (κ2) is 4.04. The van der Waals surface area contributed by atoms with Gasteiger partial charge < -0.3 is 4.74 Å². The fourth-order valence-electron chi connectivity index (χ4n) is 0.897. The molecule has 0 aliphatic carbocycles. The van der Waals surface area contributed by atoms with Gasteiger partial charge in [-0.05, 0) is 25.1 Å². The van der Waals surface area contributed by atoms with Crippen LogP contribution in [0, 0.1) is 11.8 Å². The molecule has 1 aromatic carbocycles. The quantitative estimate of drug-likeness (QED) is 0.604. The molecule has 1 nitrogen and oxygen atoms in total. The monoisotopic (exact) mass is 180 g/mol. The molecular weight excluding hydrogens is 172 g/mol. The molecule has 1 aromatic rings. The highest BCUT2D eigenvalue weighted by Gasteiger charge is 1.96. The van der Waals surface area contributed by atoms with Gasteiger partial charge in [-0.3, -0.25) is 0 Å². The van der Waals surface area contributed by atoms with Crippen molar-refractivity contribution in [2.24, 2.45) is 0 Å². The summed E-state index contributed by atoms with van der Waals surface area (Å²) in [7, 11) is 1.61. The summed E-state index contributed by atoms with van der Waals surface area (Å²) in [5.74, 6) is 6.44. The molecule has 62 valence electrons. The predicted octanol–water partition coefficient (Wildman–Crippen LogP) is 2.72. The molecular formula is C10H9ClO. The van der Waals surface area contributed by atoms with E-state index in [2.05, 4.69) is 11.8 Å². The average Bonchev–Trinajstić information content (AvgIpc) is 2.04. The van der Waals surface area contributed by atoms with Crippen molar-refractivity contribution in [3.8, 4) is 17.6 Å². The minimum Gasteiger partial charge on any atom is -0.497 e. The molecule has 1 rings (SSSR count). The van der Waals surface area contributed by atoms with Gasteiger partial charge in [-0.2, -0.15) is 0 Å². The van der Waals surface area contributed by atoms with Gasteiger partial charge in [0.1, 0.15) is 5.75 Å². The van der Waals surface area contributed by atoms with E-state index >= 15 is 0 Å². The van der Waals surface area contributed by atoms with Crippen LogP contribution >= 0.6 is 11.6 Å². The van der Waals surface area contributed by atoms with Crippen molar-refractivity contribution in [1.82, 2.24) is 0 Å². The van der Waals surface area contributed by atoms with Crippen LogP contribution in [0.2, 0.25) is 5.02 Å². The van der Waals surface area contributed by atoms with E-state index in [0.717, 1.165) is 11.3 Å². The van der Waals surface area contributed by atoms with Crippen LogP contribution < -0.4 is 4.74 Å². The molecule has 12 heavy (non-hydrogen) atoms. The van der Waals surface area contributed by atoms with Gasteiger partial charge in [-0.15, -0.1) is 5.92 Å². The number of ether oxygens (including phenoxy) is 1. The van der Waals surface area contributed by atoms with E-state index in [-0.39, 0.29) is 0 Å². The number of halogens is 1. The van der Waals surface area contributed by atoms with Gasteiger partial charge in [0, 0.05) is 10.6 Å². The first kappa shape index (κ1) is 8.96. The van der Waals surface area contributed by atoms with Gasteiger partial charge >= 0.3 is 0 Å². The topological polar surface area (TPSA) is 9.23 Å². The van der Waals surface area contributed by atoms with E-state index in [9.17, 15) is 0 Å². The number of rotatable bonds is 1. The maximum absolute atomic E-state index is 5.82. The van der Waals surface area contributed by atoms with E-state index in [1.807, 2.05) is 6.07 Å². The summed E-state index contributed by atoms with van der Waals surface area (Å²) in [6, 6.07) is 5.41.